The summed E-state index contributed by atoms with van der Waals surface area (Å²) in [6, 6.07) is 5.69. The monoisotopic (exact) mass is 250 g/mol. The molecule has 0 unspecified atom stereocenters. The van der Waals surface area contributed by atoms with Gasteiger partial charge < -0.3 is 5.73 Å². The Labute approximate surface area is 105 Å². The molecule has 0 amide bonds. The summed E-state index contributed by atoms with van der Waals surface area (Å²) in [5.74, 6) is 0. The Morgan fingerprint density at radius 2 is 2.06 bits per heavy atom. The number of halogens is 1. The second-order valence-corrected chi connectivity index (χ2v) is 5.06. The van der Waals surface area contributed by atoms with Crippen LogP contribution in [-0.4, -0.2) is 15.0 Å². The van der Waals surface area contributed by atoms with Crippen molar-refractivity contribution in [3.05, 3.63) is 40.7 Å². The molecule has 1 aromatic heterocycles. The van der Waals surface area contributed by atoms with Crippen molar-refractivity contribution in [1.82, 2.24) is 15.0 Å². The van der Waals surface area contributed by atoms with Gasteiger partial charge in [-0.2, -0.15) is 0 Å². The second kappa shape index (κ2) is 4.13. The summed E-state index contributed by atoms with van der Waals surface area (Å²) in [6.45, 7) is 5.74. The van der Waals surface area contributed by atoms with Crippen LogP contribution in [-0.2, 0) is 5.54 Å². The Morgan fingerprint density at radius 3 is 2.65 bits per heavy atom. The van der Waals surface area contributed by atoms with Gasteiger partial charge in [0.05, 0.1) is 17.4 Å². The van der Waals surface area contributed by atoms with E-state index in [1.807, 2.05) is 45.2 Å². The van der Waals surface area contributed by atoms with Crippen LogP contribution in [0.1, 0.15) is 25.1 Å². The predicted molar refractivity (Wildman–Crippen MR) is 68.3 cm³/mol. The highest BCUT2D eigenvalue weighted by atomic mass is 35.5. The summed E-state index contributed by atoms with van der Waals surface area (Å²) in [5, 5.41) is 8.88. The van der Waals surface area contributed by atoms with Gasteiger partial charge in [-0.25, -0.2) is 4.68 Å². The Kier molecular flexibility index (Phi) is 2.93. The van der Waals surface area contributed by atoms with Crippen molar-refractivity contribution in [2.45, 2.75) is 26.3 Å². The van der Waals surface area contributed by atoms with Crippen LogP contribution in [0.2, 0.25) is 5.02 Å². The quantitative estimate of drug-likeness (QED) is 0.891. The van der Waals surface area contributed by atoms with Crippen LogP contribution in [0.15, 0.2) is 24.4 Å². The minimum Gasteiger partial charge on any atom is -0.320 e. The van der Waals surface area contributed by atoms with Gasteiger partial charge >= 0.3 is 0 Å². The number of hydrogen-bond donors (Lipinski definition) is 1. The zero-order valence-electron chi connectivity index (χ0n) is 10.1. The van der Waals surface area contributed by atoms with E-state index in [-0.39, 0.29) is 0 Å². The fourth-order valence-corrected chi connectivity index (χ4v) is 1.69. The first-order valence-electron chi connectivity index (χ1n) is 5.37. The van der Waals surface area contributed by atoms with E-state index in [9.17, 15) is 0 Å². The third kappa shape index (κ3) is 2.33. The molecule has 1 heterocycles. The first-order valence-corrected chi connectivity index (χ1v) is 5.74. The molecule has 0 aliphatic carbocycles. The third-order valence-corrected chi connectivity index (χ3v) is 3.05. The molecule has 2 N–H and O–H groups in total. The topological polar surface area (TPSA) is 56.7 Å². The first-order chi connectivity index (χ1) is 7.89. The molecule has 0 saturated carbocycles. The number of nitrogens with two attached hydrogens (primary N) is 1. The van der Waals surface area contributed by atoms with E-state index in [2.05, 4.69) is 10.3 Å². The summed E-state index contributed by atoms with van der Waals surface area (Å²) in [5.41, 5.74) is 8.12. The lowest BCUT2D eigenvalue weighted by Gasteiger charge is -2.13. The number of rotatable bonds is 2. The number of nitrogens with zero attached hydrogens (tertiary/aromatic N) is 3. The molecular formula is C12H15ClN4. The number of aromatic nitrogens is 3. The molecular weight excluding hydrogens is 236 g/mol. The fourth-order valence-electron chi connectivity index (χ4n) is 1.52. The molecule has 2 rings (SSSR count). The molecule has 0 aliphatic heterocycles. The number of benzene rings is 1. The predicted octanol–water partition coefficient (Wildman–Crippen LogP) is 2.42. The van der Waals surface area contributed by atoms with Gasteiger partial charge in [-0.05, 0) is 38.5 Å². The maximum absolute atomic E-state index is 6.07. The minimum atomic E-state index is -0.495. The average Bonchev–Trinajstić information content (AvgIpc) is 2.70. The van der Waals surface area contributed by atoms with E-state index < -0.39 is 5.54 Å². The third-order valence-electron chi connectivity index (χ3n) is 2.64. The maximum atomic E-state index is 6.07. The zero-order valence-corrected chi connectivity index (χ0v) is 10.9. The normalized spacial score (nSPS) is 11.8. The van der Waals surface area contributed by atoms with E-state index in [0.717, 1.165) is 16.9 Å². The van der Waals surface area contributed by atoms with E-state index in [1.54, 1.807) is 4.68 Å². The van der Waals surface area contributed by atoms with Gasteiger partial charge in [-0.15, -0.1) is 5.10 Å². The van der Waals surface area contributed by atoms with Crippen LogP contribution in [0, 0.1) is 6.92 Å². The largest absolute Gasteiger partial charge is 0.320 e. The Balaban J connectivity index is 2.48. The van der Waals surface area contributed by atoms with E-state index in [4.69, 9.17) is 17.3 Å². The molecule has 5 heteroatoms. The molecule has 0 fully saturated rings. The SMILES string of the molecule is Cc1c(Cl)cccc1-n1cc(C(C)(C)N)nn1. The smallest absolute Gasteiger partial charge is 0.102 e. The summed E-state index contributed by atoms with van der Waals surface area (Å²) in [4.78, 5) is 0. The molecule has 4 nitrogen and oxygen atoms in total. The van der Waals surface area contributed by atoms with Crippen molar-refractivity contribution in [2.24, 2.45) is 5.73 Å². The van der Waals surface area contributed by atoms with Crippen LogP contribution >= 0.6 is 11.6 Å². The van der Waals surface area contributed by atoms with Gasteiger partial charge in [-0.1, -0.05) is 22.9 Å². The molecule has 0 aliphatic rings. The van der Waals surface area contributed by atoms with Crippen molar-refractivity contribution < 1.29 is 0 Å². The number of hydrogen-bond acceptors (Lipinski definition) is 3. The van der Waals surface area contributed by atoms with Gasteiger partial charge in [0.25, 0.3) is 0 Å². The maximum Gasteiger partial charge on any atom is 0.102 e. The lowest BCUT2D eigenvalue weighted by Crippen LogP contribution is -2.29. The highest BCUT2D eigenvalue weighted by Crippen LogP contribution is 2.22. The second-order valence-electron chi connectivity index (χ2n) is 4.65. The summed E-state index contributed by atoms with van der Waals surface area (Å²) >= 11 is 6.07. The Hall–Kier alpha value is -1.39. The van der Waals surface area contributed by atoms with Crippen LogP contribution in [0.3, 0.4) is 0 Å². The molecule has 0 atom stereocenters. The summed E-state index contributed by atoms with van der Waals surface area (Å²) < 4.78 is 1.70. The van der Waals surface area contributed by atoms with Gasteiger partial charge in [0, 0.05) is 5.02 Å². The summed E-state index contributed by atoms with van der Waals surface area (Å²) in [7, 11) is 0. The molecule has 0 bridgehead atoms. The van der Waals surface area contributed by atoms with Crippen molar-refractivity contribution >= 4 is 11.6 Å². The average molecular weight is 251 g/mol. The molecule has 1 aromatic carbocycles. The van der Waals surface area contributed by atoms with E-state index >= 15 is 0 Å². The van der Waals surface area contributed by atoms with Gasteiger partial charge in [-0.3, -0.25) is 0 Å². The van der Waals surface area contributed by atoms with Crippen LogP contribution in [0.25, 0.3) is 5.69 Å². The van der Waals surface area contributed by atoms with Gasteiger partial charge in [0.15, 0.2) is 0 Å². The lowest BCUT2D eigenvalue weighted by atomic mass is 10.0. The van der Waals surface area contributed by atoms with Crippen LogP contribution in [0.5, 0.6) is 0 Å². The Bertz CT molecular complexity index is 540. The highest BCUT2D eigenvalue weighted by molar-refractivity contribution is 6.31. The summed E-state index contributed by atoms with van der Waals surface area (Å²) in [6.07, 6.45) is 1.83. The van der Waals surface area contributed by atoms with Crippen molar-refractivity contribution in [2.75, 3.05) is 0 Å². The van der Waals surface area contributed by atoms with E-state index in [1.165, 1.54) is 0 Å². The fraction of sp³-hybridized carbons (Fsp3) is 0.333. The van der Waals surface area contributed by atoms with Crippen molar-refractivity contribution in [3.63, 3.8) is 0 Å². The standard InChI is InChI=1S/C12H15ClN4/c1-8-9(13)5-4-6-10(8)17-7-11(15-16-17)12(2,3)14/h4-7H,14H2,1-3H3. The zero-order chi connectivity index (χ0) is 12.6. The molecule has 17 heavy (non-hydrogen) atoms. The molecule has 2 aromatic rings. The van der Waals surface area contributed by atoms with Gasteiger partial charge in [0.1, 0.15) is 5.69 Å². The van der Waals surface area contributed by atoms with Crippen molar-refractivity contribution in [1.29, 1.82) is 0 Å². The molecule has 0 radical (unpaired) electrons. The van der Waals surface area contributed by atoms with Crippen LogP contribution < -0.4 is 5.73 Å². The molecule has 0 spiro atoms. The minimum absolute atomic E-state index is 0.495. The molecule has 0 saturated heterocycles. The van der Waals surface area contributed by atoms with Gasteiger partial charge in [0.2, 0.25) is 0 Å². The molecule has 90 valence electrons. The van der Waals surface area contributed by atoms with Crippen LogP contribution in [0.4, 0.5) is 0 Å². The Morgan fingerprint density at radius 1 is 1.35 bits per heavy atom. The highest BCUT2D eigenvalue weighted by Gasteiger charge is 2.19. The van der Waals surface area contributed by atoms with E-state index in [0.29, 0.717) is 5.02 Å². The lowest BCUT2D eigenvalue weighted by molar-refractivity contribution is 0.533. The first kappa shape index (κ1) is 12.1. The van der Waals surface area contributed by atoms with Crippen molar-refractivity contribution in [3.8, 4) is 5.69 Å².